The van der Waals surface area contributed by atoms with Crippen molar-refractivity contribution in [1.82, 2.24) is 0 Å². The van der Waals surface area contributed by atoms with E-state index in [-0.39, 0.29) is 5.91 Å². The molecule has 0 aromatic heterocycles. The van der Waals surface area contributed by atoms with Crippen LogP contribution in [0, 0.1) is 13.8 Å². The summed E-state index contributed by atoms with van der Waals surface area (Å²) in [6.07, 6.45) is 0.787. The molecule has 5 heteroatoms. The highest BCUT2D eigenvalue weighted by atomic mass is 35.5. The zero-order valence-corrected chi connectivity index (χ0v) is 13.9. The normalized spacial score (nSPS) is 13.3. The molecule has 1 heterocycles. The lowest BCUT2D eigenvalue weighted by Crippen LogP contribution is -2.13. The van der Waals surface area contributed by atoms with Gasteiger partial charge in [0.25, 0.3) is 5.91 Å². The molecule has 0 spiro atoms. The summed E-state index contributed by atoms with van der Waals surface area (Å²) in [6, 6.07) is 9.16. The molecule has 2 aromatic rings. The highest BCUT2D eigenvalue weighted by molar-refractivity contribution is 6.32. The maximum absolute atomic E-state index is 12.5. The van der Waals surface area contributed by atoms with Crippen LogP contribution in [0.2, 0.25) is 5.02 Å². The van der Waals surface area contributed by atoms with E-state index in [1.54, 1.807) is 12.1 Å². The van der Waals surface area contributed by atoms with E-state index in [1.165, 1.54) is 0 Å². The predicted molar refractivity (Wildman–Crippen MR) is 90.9 cm³/mol. The van der Waals surface area contributed by atoms with E-state index in [2.05, 4.69) is 5.32 Å². The summed E-state index contributed by atoms with van der Waals surface area (Å²) < 4.78 is 11.2. The van der Waals surface area contributed by atoms with E-state index in [0.29, 0.717) is 35.3 Å². The molecule has 120 valence electrons. The number of rotatable bonds is 2. The quantitative estimate of drug-likeness (QED) is 0.888. The third kappa shape index (κ3) is 3.42. The Morgan fingerprint density at radius 3 is 2.70 bits per heavy atom. The van der Waals surface area contributed by atoms with Crippen LogP contribution in [0.1, 0.15) is 27.9 Å². The van der Waals surface area contributed by atoms with E-state index in [9.17, 15) is 4.79 Å². The van der Waals surface area contributed by atoms with Gasteiger partial charge in [0.2, 0.25) is 0 Å². The van der Waals surface area contributed by atoms with Crippen LogP contribution in [0.15, 0.2) is 30.3 Å². The Kier molecular flexibility index (Phi) is 4.44. The monoisotopic (exact) mass is 331 g/mol. The minimum absolute atomic E-state index is 0.227. The van der Waals surface area contributed by atoms with E-state index >= 15 is 0 Å². The van der Waals surface area contributed by atoms with Crippen molar-refractivity contribution in [3.8, 4) is 11.5 Å². The van der Waals surface area contributed by atoms with Crippen LogP contribution < -0.4 is 14.8 Å². The Morgan fingerprint density at radius 2 is 1.91 bits per heavy atom. The van der Waals surface area contributed by atoms with Crippen LogP contribution in [0.25, 0.3) is 0 Å². The van der Waals surface area contributed by atoms with Crippen molar-refractivity contribution >= 4 is 23.2 Å². The molecule has 0 bridgehead atoms. The number of nitrogens with one attached hydrogen (secondary N) is 1. The molecule has 0 unspecified atom stereocenters. The fourth-order valence-electron chi connectivity index (χ4n) is 2.51. The van der Waals surface area contributed by atoms with Crippen molar-refractivity contribution in [2.45, 2.75) is 20.3 Å². The van der Waals surface area contributed by atoms with Gasteiger partial charge in [-0.2, -0.15) is 0 Å². The van der Waals surface area contributed by atoms with Gasteiger partial charge in [0.05, 0.1) is 18.2 Å². The first kappa shape index (κ1) is 15.7. The number of fused-ring (bicyclic) bond motifs is 1. The van der Waals surface area contributed by atoms with Crippen molar-refractivity contribution in [2.24, 2.45) is 0 Å². The molecule has 4 nitrogen and oxygen atoms in total. The second-order valence-corrected chi connectivity index (χ2v) is 6.02. The number of carbonyl (C=O) groups is 1. The van der Waals surface area contributed by atoms with Crippen LogP contribution in [0.3, 0.4) is 0 Å². The van der Waals surface area contributed by atoms with Crippen LogP contribution >= 0.6 is 11.6 Å². The summed E-state index contributed by atoms with van der Waals surface area (Å²) in [5, 5.41) is 3.29. The molecule has 1 amide bonds. The summed E-state index contributed by atoms with van der Waals surface area (Å²) >= 11 is 6.23. The minimum atomic E-state index is -0.227. The van der Waals surface area contributed by atoms with Crippen molar-refractivity contribution in [3.05, 3.63) is 52.0 Å². The molecule has 1 aliphatic heterocycles. The molecule has 0 atom stereocenters. The third-order valence-corrected chi connectivity index (χ3v) is 3.98. The molecule has 0 radical (unpaired) electrons. The number of halogens is 1. The van der Waals surface area contributed by atoms with Gasteiger partial charge < -0.3 is 14.8 Å². The van der Waals surface area contributed by atoms with Crippen LogP contribution in [0.5, 0.6) is 11.5 Å². The van der Waals surface area contributed by atoms with Gasteiger partial charge >= 0.3 is 0 Å². The molecular formula is C18H18ClNO3. The highest BCUT2D eigenvalue weighted by Gasteiger charge is 2.18. The number of aryl methyl sites for hydroxylation is 2. The second-order valence-electron chi connectivity index (χ2n) is 5.61. The Balaban J connectivity index is 1.87. The van der Waals surface area contributed by atoms with Crippen molar-refractivity contribution in [2.75, 3.05) is 18.5 Å². The summed E-state index contributed by atoms with van der Waals surface area (Å²) in [4.78, 5) is 12.5. The standard InChI is InChI=1S/C18H18ClNO3/c1-11-4-5-15(12(2)8-11)20-18(21)13-9-14(19)17-16(10-13)22-6-3-7-23-17/h4-5,8-10H,3,6-7H2,1-2H3,(H,20,21). The van der Waals surface area contributed by atoms with Gasteiger partial charge in [0.1, 0.15) is 0 Å². The number of hydrogen-bond acceptors (Lipinski definition) is 3. The largest absolute Gasteiger partial charge is 0.489 e. The number of amides is 1. The van der Waals surface area contributed by atoms with E-state index in [1.807, 2.05) is 32.0 Å². The smallest absolute Gasteiger partial charge is 0.255 e. The van der Waals surface area contributed by atoms with E-state index < -0.39 is 0 Å². The molecule has 3 rings (SSSR count). The van der Waals surface area contributed by atoms with Crippen LogP contribution in [-0.2, 0) is 0 Å². The van der Waals surface area contributed by atoms with Crippen LogP contribution in [-0.4, -0.2) is 19.1 Å². The van der Waals surface area contributed by atoms with Gasteiger partial charge in [-0.25, -0.2) is 0 Å². The molecule has 0 saturated heterocycles. The van der Waals surface area contributed by atoms with Crippen molar-refractivity contribution in [3.63, 3.8) is 0 Å². The number of benzene rings is 2. The Morgan fingerprint density at radius 1 is 1.13 bits per heavy atom. The topological polar surface area (TPSA) is 47.6 Å². The Hall–Kier alpha value is -2.20. The second kappa shape index (κ2) is 6.50. The van der Waals surface area contributed by atoms with Gasteiger partial charge in [-0.3, -0.25) is 4.79 Å². The first-order valence-corrected chi connectivity index (χ1v) is 7.90. The minimum Gasteiger partial charge on any atom is -0.489 e. The first-order valence-electron chi connectivity index (χ1n) is 7.52. The number of ether oxygens (including phenoxy) is 2. The van der Waals surface area contributed by atoms with E-state index in [0.717, 1.165) is 23.2 Å². The maximum Gasteiger partial charge on any atom is 0.255 e. The average molecular weight is 332 g/mol. The molecule has 0 saturated carbocycles. The van der Waals surface area contributed by atoms with Crippen molar-refractivity contribution < 1.29 is 14.3 Å². The lowest BCUT2D eigenvalue weighted by molar-refractivity contribution is 0.102. The summed E-state index contributed by atoms with van der Waals surface area (Å²) in [5.74, 6) is 0.794. The maximum atomic E-state index is 12.5. The van der Waals surface area contributed by atoms with Gasteiger partial charge in [0.15, 0.2) is 11.5 Å². The lowest BCUT2D eigenvalue weighted by Gasteiger charge is -2.13. The fourth-order valence-corrected chi connectivity index (χ4v) is 2.78. The number of anilines is 1. The van der Waals surface area contributed by atoms with Crippen LogP contribution in [0.4, 0.5) is 5.69 Å². The predicted octanol–water partition coefficient (Wildman–Crippen LogP) is 4.37. The average Bonchev–Trinajstić information content (AvgIpc) is 2.75. The summed E-state index contributed by atoms with van der Waals surface area (Å²) in [6.45, 7) is 5.08. The summed E-state index contributed by atoms with van der Waals surface area (Å²) in [7, 11) is 0. The van der Waals surface area contributed by atoms with E-state index in [4.69, 9.17) is 21.1 Å². The fraction of sp³-hybridized carbons (Fsp3) is 0.278. The van der Waals surface area contributed by atoms with Gasteiger partial charge in [0, 0.05) is 17.7 Å². The molecule has 1 N–H and O–H groups in total. The highest BCUT2D eigenvalue weighted by Crippen LogP contribution is 2.38. The van der Waals surface area contributed by atoms with Gasteiger partial charge in [-0.15, -0.1) is 0 Å². The lowest BCUT2D eigenvalue weighted by atomic mass is 10.1. The Bertz CT molecular complexity index is 758. The third-order valence-electron chi connectivity index (χ3n) is 3.69. The van der Waals surface area contributed by atoms with Crippen molar-refractivity contribution in [1.29, 1.82) is 0 Å². The molecule has 2 aromatic carbocycles. The zero-order valence-electron chi connectivity index (χ0n) is 13.1. The molecule has 1 aliphatic rings. The molecule has 0 fully saturated rings. The number of hydrogen-bond donors (Lipinski definition) is 1. The van der Waals surface area contributed by atoms with Gasteiger partial charge in [-0.1, -0.05) is 29.3 Å². The molecule has 0 aliphatic carbocycles. The zero-order chi connectivity index (χ0) is 16.4. The SMILES string of the molecule is Cc1ccc(NC(=O)c2cc(Cl)c3c(c2)OCCCO3)c(C)c1. The number of carbonyl (C=O) groups excluding carboxylic acids is 1. The summed E-state index contributed by atoms with van der Waals surface area (Å²) in [5.41, 5.74) is 3.39. The Labute approximate surface area is 140 Å². The van der Waals surface area contributed by atoms with Gasteiger partial charge in [-0.05, 0) is 37.6 Å². The first-order chi connectivity index (χ1) is 11.0. The molecule has 23 heavy (non-hydrogen) atoms. The molecular weight excluding hydrogens is 314 g/mol.